The number of carbonyl (C=O) groups excluding carboxylic acids is 1. The van der Waals surface area contributed by atoms with E-state index in [1.807, 2.05) is 6.07 Å². The van der Waals surface area contributed by atoms with Crippen LogP contribution in [0.1, 0.15) is 25.3 Å². The number of H-pyrrole nitrogens is 1. The Kier molecular flexibility index (Phi) is 4.47. The van der Waals surface area contributed by atoms with E-state index in [4.69, 9.17) is 0 Å². The van der Waals surface area contributed by atoms with Crippen LogP contribution in [0.5, 0.6) is 0 Å². The van der Waals surface area contributed by atoms with Gasteiger partial charge in [0.15, 0.2) is 0 Å². The number of hydrogen-bond acceptors (Lipinski definition) is 3. The van der Waals surface area contributed by atoms with E-state index < -0.39 is 0 Å². The minimum Gasteiger partial charge on any atom is -0.345 e. The summed E-state index contributed by atoms with van der Waals surface area (Å²) in [6.07, 6.45) is 4.31. The third-order valence-corrected chi connectivity index (χ3v) is 2.96. The lowest BCUT2D eigenvalue weighted by atomic mass is 10.1. The Balaban J connectivity index is 1.71. The maximum Gasteiger partial charge on any atom is 0.129 e. The van der Waals surface area contributed by atoms with E-state index >= 15 is 0 Å². The largest absolute Gasteiger partial charge is 0.345 e. The Morgan fingerprint density at radius 1 is 1.39 bits per heavy atom. The standard InChI is InChI=1S/C14H19N3O/c1-11(18)3-2-7-15-8-6-12-4-5-13-14(9-12)17-10-16-13/h4-5,9-10,15H,2-3,6-8H2,1H3,(H,16,17). The van der Waals surface area contributed by atoms with Gasteiger partial charge in [-0.15, -0.1) is 0 Å². The Hall–Kier alpha value is -1.68. The number of nitrogens with one attached hydrogen (secondary N) is 2. The lowest BCUT2D eigenvalue weighted by Gasteiger charge is -2.04. The van der Waals surface area contributed by atoms with E-state index in [1.165, 1.54) is 5.56 Å². The molecule has 1 aromatic heterocycles. The zero-order valence-electron chi connectivity index (χ0n) is 10.7. The molecule has 2 aromatic rings. The number of nitrogens with zero attached hydrogens (tertiary/aromatic N) is 1. The number of benzene rings is 1. The van der Waals surface area contributed by atoms with E-state index in [0.717, 1.165) is 37.0 Å². The second-order valence-electron chi connectivity index (χ2n) is 4.56. The number of hydrogen-bond donors (Lipinski definition) is 2. The first-order valence-corrected chi connectivity index (χ1v) is 6.38. The van der Waals surface area contributed by atoms with Crippen LogP contribution >= 0.6 is 0 Å². The van der Waals surface area contributed by atoms with E-state index in [1.54, 1.807) is 13.3 Å². The molecule has 2 rings (SSSR count). The average molecular weight is 245 g/mol. The van der Waals surface area contributed by atoms with Crippen molar-refractivity contribution in [3.8, 4) is 0 Å². The molecule has 4 heteroatoms. The van der Waals surface area contributed by atoms with Crippen molar-refractivity contribution < 1.29 is 4.79 Å². The van der Waals surface area contributed by atoms with Crippen LogP contribution in [-0.2, 0) is 11.2 Å². The molecule has 4 nitrogen and oxygen atoms in total. The summed E-state index contributed by atoms with van der Waals surface area (Å²) in [4.78, 5) is 18.1. The highest BCUT2D eigenvalue weighted by molar-refractivity contribution is 5.75. The molecule has 0 saturated carbocycles. The Morgan fingerprint density at radius 3 is 3.11 bits per heavy atom. The molecule has 96 valence electrons. The van der Waals surface area contributed by atoms with Gasteiger partial charge in [0.25, 0.3) is 0 Å². The van der Waals surface area contributed by atoms with E-state index in [0.29, 0.717) is 6.42 Å². The Bertz CT molecular complexity index is 518. The van der Waals surface area contributed by atoms with Crippen molar-refractivity contribution in [2.45, 2.75) is 26.2 Å². The number of rotatable bonds is 7. The molecular formula is C14H19N3O. The van der Waals surface area contributed by atoms with E-state index in [9.17, 15) is 4.79 Å². The van der Waals surface area contributed by atoms with Gasteiger partial charge in [0.05, 0.1) is 17.4 Å². The molecule has 0 unspecified atom stereocenters. The van der Waals surface area contributed by atoms with Gasteiger partial charge in [-0.3, -0.25) is 0 Å². The highest BCUT2D eigenvalue weighted by atomic mass is 16.1. The molecule has 0 aliphatic rings. The van der Waals surface area contributed by atoms with Crippen molar-refractivity contribution in [3.05, 3.63) is 30.1 Å². The zero-order valence-corrected chi connectivity index (χ0v) is 10.7. The van der Waals surface area contributed by atoms with Gasteiger partial charge in [-0.1, -0.05) is 6.07 Å². The maximum atomic E-state index is 10.8. The molecule has 0 spiro atoms. The fourth-order valence-corrected chi connectivity index (χ4v) is 1.96. The zero-order chi connectivity index (χ0) is 12.8. The summed E-state index contributed by atoms with van der Waals surface area (Å²) >= 11 is 0. The monoisotopic (exact) mass is 245 g/mol. The van der Waals surface area contributed by atoms with Crippen LogP contribution in [0, 0.1) is 0 Å². The highest BCUT2D eigenvalue weighted by Gasteiger charge is 1.98. The van der Waals surface area contributed by atoms with Crippen LogP contribution < -0.4 is 5.32 Å². The summed E-state index contributed by atoms with van der Waals surface area (Å²) in [7, 11) is 0. The summed E-state index contributed by atoms with van der Waals surface area (Å²) < 4.78 is 0. The van der Waals surface area contributed by atoms with Crippen molar-refractivity contribution in [3.63, 3.8) is 0 Å². The number of Topliss-reactive ketones (excluding diaryl/α,β-unsaturated/α-hetero) is 1. The minimum absolute atomic E-state index is 0.265. The maximum absolute atomic E-state index is 10.8. The molecule has 0 bridgehead atoms. The predicted molar refractivity (Wildman–Crippen MR) is 72.6 cm³/mol. The molecule has 1 aromatic carbocycles. The van der Waals surface area contributed by atoms with Crippen LogP contribution in [0.3, 0.4) is 0 Å². The number of aromatic amines is 1. The van der Waals surface area contributed by atoms with Gasteiger partial charge in [-0.05, 0) is 50.6 Å². The number of aromatic nitrogens is 2. The van der Waals surface area contributed by atoms with Crippen LogP contribution in [-0.4, -0.2) is 28.8 Å². The SMILES string of the molecule is CC(=O)CCCNCCc1ccc2nc[nH]c2c1. The van der Waals surface area contributed by atoms with Gasteiger partial charge in [0, 0.05) is 6.42 Å². The number of ketones is 1. The van der Waals surface area contributed by atoms with Gasteiger partial charge in [-0.25, -0.2) is 4.98 Å². The third kappa shape index (κ3) is 3.67. The van der Waals surface area contributed by atoms with Gasteiger partial charge >= 0.3 is 0 Å². The van der Waals surface area contributed by atoms with E-state index in [2.05, 4.69) is 27.4 Å². The van der Waals surface area contributed by atoms with Crippen molar-refractivity contribution in [1.29, 1.82) is 0 Å². The first-order valence-electron chi connectivity index (χ1n) is 6.38. The van der Waals surface area contributed by atoms with Crippen molar-refractivity contribution in [2.75, 3.05) is 13.1 Å². The van der Waals surface area contributed by atoms with Crippen molar-refractivity contribution >= 4 is 16.8 Å². The predicted octanol–water partition coefficient (Wildman–Crippen LogP) is 2.06. The van der Waals surface area contributed by atoms with Gasteiger partial charge < -0.3 is 15.1 Å². The molecule has 0 aliphatic heterocycles. The van der Waals surface area contributed by atoms with Crippen LogP contribution in [0.4, 0.5) is 0 Å². The molecule has 18 heavy (non-hydrogen) atoms. The molecular weight excluding hydrogens is 226 g/mol. The van der Waals surface area contributed by atoms with Crippen LogP contribution in [0.2, 0.25) is 0 Å². The lowest BCUT2D eigenvalue weighted by Crippen LogP contribution is -2.19. The summed E-state index contributed by atoms with van der Waals surface area (Å²) in [6, 6.07) is 6.29. The quantitative estimate of drug-likeness (QED) is 0.734. The molecule has 0 atom stereocenters. The Labute approximate surface area is 107 Å². The second-order valence-corrected chi connectivity index (χ2v) is 4.56. The number of fused-ring (bicyclic) bond motifs is 1. The average Bonchev–Trinajstić information content (AvgIpc) is 2.80. The second kappa shape index (κ2) is 6.31. The molecule has 0 amide bonds. The normalized spacial score (nSPS) is 10.9. The van der Waals surface area contributed by atoms with Crippen LogP contribution in [0.25, 0.3) is 11.0 Å². The number of carbonyl (C=O) groups is 1. The molecule has 1 heterocycles. The van der Waals surface area contributed by atoms with Gasteiger partial charge in [-0.2, -0.15) is 0 Å². The molecule has 0 radical (unpaired) electrons. The molecule has 2 N–H and O–H groups in total. The van der Waals surface area contributed by atoms with Crippen molar-refractivity contribution in [2.24, 2.45) is 0 Å². The third-order valence-electron chi connectivity index (χ3n) is 2.96. The lowest BCUT2D eigenvalue weighted by molar-refractivity contribution is -0.117. The number of imidazole rings is 1. The summed E-state index contributed by atoms with van der Waals surface area (Å²) in [6.45, 7) is 3.49. The Morgan fingerprint density at radius 2 is 2.28 bits per heavy atom. The smallest absolute Gasteiger partial charge is 0.129 e. The fourth-order valence-electron chi connectivity index (χ4n) is 1.96. The first-order chi connectivity index (χ1) is 8.75. The first kappa shape index (κ1) is 12.8. The van der Waals surface area contributed by atoms with Gasteiger partial charge in [0.2, 0.25) is 0 Å². The molecule has 0 fully saturated rings. The van der Waals surface area contributed by atoms with E-state index in [-0.39, 0.29) is 5.78 Å². The minimum atomic E-state index is 0.265. The van der Waals surface area contributed by atoms with Crippen molar-refractivity contribution in [1.82, 2.24) is 15.3 Å². The highest BCUT2D eigenvalue weighted by Crippen LogP contribution is 2.11. The summed E-state index contributed by atoms with van der Waals surface area (Å²) in [5, 5.41) is 3.35. The van der Waals surface area contributed by atoms with Crippen LogP contribution in [0.15, 0.2) is 24.5 Å². The fraction of sp³-hybridized carbons (Fsp3) is 0.429. The summed E-state index contributed by atoms with van der Waals surface area (Å²) in [5.41, 5.74) is 3.39. The summed E-state index contributed by atoms with van der Waals surface area (Å²) in [5.74, 6) is 0.265. The molecule has 0 saturated heterocycles. The molecule has 0 aliphatic carbocycles. The topological polar surface area (TPSA) is 57.8 Å². The van der Waals surface area contributed by atoms with Gasteiger partial charge in [0.1, 0.15) is 5.78 Å².